The van der Waals surface area contributed by atoms with E-state index < -0.39 is 0 Å². The van der Waals surface area contributed by atoms with E-state index in [9.17, 15) is 4.79 Å². The molecule has 0 unspecified atom stereocenters. The Hall–Kier alpha value is -3.68. The van der Waals surface area contributed by atoms with E-state index in [2.05, 4.69) is 15.2 Å². The summed E-state index contributed by atoms with van der Waals surface area (Å²) < 4.78 is 11.9. The number of hydrogen-bond donors (Lipinski definition) is 2. The average Bonchev–Trinajstić information content (AvgIpc) is 3.56. The van der Waals surface area contributed by atoms with Gasteiger partial charge in [0.2, 0.25) is 5.89 Å². The van der Waals surface area contributed by atoms with Crippen LogP contribution in [0.2, 0.25) is 0 Å². The second kappa shape index (κ2) is 10.7. The molecule has 2 heterocycles. The van der Waals surface area contributed by atoms with Crippen LogP contribution in [0.5, 0.6) is 5.75 Å². The number of nitrogens with one attached hydrogen (secondary N) is 1. The molecule has 3 aromatic carbocycles. The summed E-state index contributed by atoms with van der Waals surface area (Å²) in [4.78, 5) is 19.8. The number of carbonyl (C=O) groups excluding carboxylic acids is 1. The Morgan fingerprint density at radius 3 is 2.69 bits per heavy atom. The number of nitrogens with two attached hydrogens (primary N) is 1. The first-order valence-corrected chi connectivity index (χ1v) is 12.1. The van der Waals surface area contributed by atoms with Gasteiger partial charge in [-0.25, -0.2) is 4.98 Å². The van der Waals surface area contributed by atoms with Gasteiger partial charge in [0, 0.05) is 36.0 Å². The number of aromatic nitrogens is 1. The fourth-order valence-electron chi connectivity index (χ4n) is 4.33. The summed E-state index contributed by atoms with van der Waals surface area (Å²) in [5, 5.41) is 2.93. The summed E-state index contributed by atoms with van der Waals surface area (Å²) in [5.41, 5.74) is 10.1. The van der Waals surface area contributed by atoms with E-state index in [1.54, 1.807) is 12.1 Å². The molecule has 0 aliphatic carbocycles. The molecule has 4 aromatic rings. The number of oxazole rings is 1. The number of fused-ring (bicyclic) bond motifs is 1. The maximum atomic E-state index is 12.6. The molecule has 1 fully saturated rings. The second-order valence-corrected chi connectivity index (χ2v) is 8.84. The van der Waals surface area contributed by atoms with Crippen LogP contribution < -0.4 is 15.8 Å². The smallest absolute Gasteiger partial charge is 0.255 e. The standard InChI is InChI=1S/C28H30N4O3/c29-19-20-7-9-21(10-8-20)27(33)30-23-6-3-5-22(17-23)28-31-25-18-24(11-12-26(25)35-28)34-16-4-15-32-13-1-2-14-32/h3,5-12,17-18H,1-2,4,13-16,19,29H2,(H,30,33). The first kappa shape index (κ1) is 23.1. The molecule has 7 nitrogen and oxygen atoms in total. The molecule has 1 aliphatic heterocycles. The number of carbonyl (C=O) groups is 1. The van der Waals surface area contributed by atoms with Crippen LogP contribution in [0.4, 0.5) is 5.69 Å². The molecule has 0 saturated carbocycles. The lowest BCUT2D eigenvalue weighted by molar-refractivity contribution is 0.102. The molecule has 7 heteroatoms. The quantitative estimate of drug-likeness (QED) is 0.332. The number of benzene rings is 3. The Morgan fingerprint density at radius 1 is 1.06 bits per heavy atom. The lowest BCUT2D eigenvalue weighted by Crippen LogP contribution is -2.21. The normalized spacial score (nSPS) is 13.9. The van der Waals surface area contributed by atoms with Crippen LogP contribution in [0, 0.1) is 0 Å². The van der Waals surface area contributed by atoms with Crippen LogP contribution in [0.3, 0.4) is 0 Å². The summed E-state index contributed by atoms with van der Waals surface area (Å²) in [6, 6.07) is 20.4. The maximum absolute atomic E-state index is 12.6. The van der Waals surface area contributed by atoms with Gasteiger partial charge in [0.1, 0.15) is 11.3 Å². The third-order valence-corrected chi connectivity index (χ3v) is 6.26. The molecule has 1 amide bonds. The molecule has 0 atom stereocenters. The van der Waals surface area contributed by atoms with Gasteiger partial charge >= 0.3 is 0 Å². The van der Waals surface area contributed by atoms with Gasteiger partial charge in [0.05, 0.1) is 6.61 Å². The van der Waals surface area contributed by atoms with Crippen molar-refractivity contribution in [2.75, 3.05) is 31.6 Å². The second-order valence-electron chi connectivity index (χ2n) is 8.84. The molecule has 5 rings (SSSR count). The lowest BCUT2D eigenvalue weighted by Gasteiger charge is -2.14. The SMILES string of the molecule is NCc1ccc(C(=O)Nc2cccc(-c3nc4cc(OCCCN5CCCC5)ccc4o3)c2)cc1. The molecule has 35 heavy (non-hydrogen) atoms. The molecule has 3 N–H and O–H groups in total. The van der Waals surface area contributed by atoms with E-state index in [1.165, 1.54) is 25.9 Å². The molecule has 180 valence electrons. The zero-order chi connectivity index (χ0) is 24.0. The Balaban J connectivity index is 1.23. The van der Waals surface area contributed by atoms with E-state index >= 15 is 0 Å². The highest BCUT2D eigenvalue weighted by atomic mass is 16.5. The van der Waals surface area contributed by atoms with Crippen molar-refractivity contribution in [3.05, 3.63) is 77.9 Å². The molecule has 0 bridgehead atoms. The predicted octanol–water partition coefficient (Wildman–Crippen LogP) is 5.07. The van der Waals surface area contributed by atoms with Crippen molar-refractivity contribution in [3.63, 3.8) is 0 Å². The Kier molecular flexibility index (Phi) is 7.07. The molecule has 0 radical (unpaired) electrons. The van der Waals surface area contributed by atoms with Crippen molar-refractivity contribution in [1.82, 2.24) is 9.88 Å². The zero-order valence-corrected chi connectivity index (χ0v) is 19.7. The highest BCUT2D eigenvalue weighted by Gasteiger charge is 2.13. The highest BCUT2D eigenvalue weighted by Crippen LogP contribution is 2.28. The van der Waals surface area contributed by atoms with Crippen molar-refractivity contribution in [1.29, 1.82) is 0 Å². The first-order chi connectivity index (χ1) is 17.2. The summed E-state index contributed by atoms with van der Waals surface area (Å²) in [5.74, 6) is 1.10. The summed E-state index contributed by atoms with van der Waals surface area (Å²) in [6.45, 7) is 4.63. The monoisotopic (exact) mass is 470 g/mol. The summed E-state index contributed by atoms with van der Waals surface area (Å²) in [6.07, 6.45) is 3.63. The summed E-state index contributed by atoms with van der Waals surface area (Å²) in [7, 11) is 0. The Labute approximate surface area is 204 Å². The van der Waals surface area contributed by atoms with Gasteiger partial charge in [0.25, 0.3) is 5.91 Å². The number of hydrogen-bond acceptors (Lipinski definition) is 6. The van der Waals surface area contributed by atoms with Gasteiger partial charge in [-0.05, 0) is 80.4 Å². The van der Waals surface area contributed by atoms with Crippen molar-refractivity contribution < 1.29 is 13.9 Å². The van der Waals surface area contributed by atoms with Crippen LogP contribution in [0.15, 0.2) is 71.1 Å². The number of ether oxygens (including phenoxy) is 1. The fourth-order valence-corrected chi connectivity index (χ4v) is 4.33. The molecule has 1 aromatic heterocycles. The van der Waals surface area contributed by atoms with E-state index in [4.69, 9.17) is 14.9 Å². The van der Waals surface area contributed by atoms with Crippen LogP contribution in [-0.4, -0.2) is 42.0 Å². The minimum Gasteiger partial charge on any atom is -0.493 e. The van der Waals surface area contributed by atoms with Gasteiger partial charge in [-0.1, -0.05) is 18.2 Å². The van der Waals surface area contributed by atoms with E-state index in [0.717, 1.165) is 35.4 Å². The predicted molar refractivity (Wildman–Crippen MR) is 138 cm³/mol. The van der Waals surface area contributed by atoms with Crippen LogP contribution in [0.1, 0.15) is 35.2 Å². The first-order valence-electron chi connectivity index (χ1n) is 12.1. The van der Waals surface area contributed by atoms with Crippen molar-refractivity contribution >= 4 is 22.7 Å². The van der Waals surface area contributed by atoms with Crippen molar-refractivity contribution in [2.24, 2.45) is 5.73 Å². The Bertz CT molecular complexity index is 1290. The third kappa shape index (κ3) is 5.70. The maximum Gasteiger partial charge on any atom is 0.255 e. The van der Waals surface area contributed by atoms with E-state index in [1.807, 2.05) is 54.6 Å². The molecule has 0 spiro atoms. The number of anilines is 1. The number of rotatable bonds is 9. The Morgan fingerprint density at radius 2 is 1.89 bits per heavy atom. The van der Waals surface area contributed by atoms with Crippen molar-refractivity contribution in [2.45, 2.75) is 25.8 Å². The molecular weight excluding hydrogens is 440 g/mol. The minimum absolute atomic E-state index is 0.185. The van der Waals surface area contributed by atoms with Gasteiger partial charge in [-0.15, -0.1) is 0 Å². The van der Waals surface area contributed by atoms with Gasteiger partial charge in [0.15, 0.2) is 5.58 Å². The average molecular weight is 471 g/mol. The number of nitrogens with zero attached hydrogens (tertiary/aromatic N) is 2. The zero-order valence-electron chi connectivity index (χ0n) is 19.7. The van der Waals surface area contributed by atoms with Gasteiger partial charge < -0.3 is 25.1 Å². The molecular formula is C28H30N4O3. The lowest BCUT2D eigenvalue weighted by atomic mass is 10.1. The van der Waals surface area contributed by atoms with E-state index in [0.29, 0.717) is 35.9 Å². The van der Waals surface area contributed by atoms with Gasteiger partial charge in [-0.3, -0.25) is 4.79 Å². The minimum atomic E-state index is -0.185. The van der Waals surface area contributed by atoms with E-state index in [-0.39, 0.29) is 5.91 Å². The van der Waals surface area contributed by atoms with Crippen LogP contribution >= 0.6 is 0 Å². The number of likely N-dealkylation sites (tertiary alicyclic amines) is 1. The highest BCUT2D eigenvalue weighted by molar-refractivity contribution is 6.04. The van der Waals surface area contributed by atoms with Crippen LogP contribution in [0.25, 0.3) is 22.6 Å². The third-order valence-electron chi connectivity index (χ3n) is 6.26. The fraction of sp³-hybridized carbons (Fsp3) is 0.286. The topological polar surface area (TPSA) is 93.6 Å². The van der Waals surface area contributed by atoms with Crippen LogP contribution in [-0.2, 0) is 6.54 Å². The van der Waals surface area contributed by atoms with Crippen molar-refractivity contribution in [3.8, 4) is 17.2 Å². The largest absolute Gasteiger partial charge is 0.493 e. The summed E-state index contributed by atoms with van der Waals surface area (Å²) >= 11 is 0. The number of amides is 1. The molecule has 1 saturated heterocycles. The molecule has 1 aliphatic rings. The van der Waals surface area contributed by atoms with Gasteiger partial charge in [-0.2, -0.15) is 0 Å².